The van der Waals surface area contributed by atoms with Crippen molar-refractivity contribution < 1.29 is 82.2 Å². The molecule has 0 spiro atoms. The van der Waals surface area contributed by atoms with E-state index in [-0.39, 0.29) is 44.8 Å². The molecule has 19 atom stereocenters. The fourth-order valence-corrected chi connectivity index (χ4v) is 11.9. The van der Waals surface area contributed by atoms with E-state index in [0.29, 0.717) is 50.6 Å². The molecule has 5 aliphatic rings. The van der Waals surface area contributed by atoms with Crippen LogP contribution in [-0.2, 0) is 47.5 Å². The summed E-state index contributed by atoms with van der Waals surface area (Å²) >= 11 is 0. The molecule has 0 saturated carbocycles. The Bertz CT molecular complexity index is 2070. The summed E-state index contributed by atoms with van der Waals surface area (Å²) in [7, 11) is 4.96. The number of methoxy groups -OCH3 is 1. The molecule has 75 heavy (non-hydrogen) atoms. The Morgan fingerprint density at radius 1 is 0.947 bits per heavy atom. The Labute approximate surface area is 442 Å². The molecule has 1 aromatic carbocycles. The quantitative estimate of drug-likeness (QED) is 0.155. The Morgan fingerprint density at radius 3 is 2.27 bits per heavy atom. The normalized spacial score (nSPS) is 41.2. The highest BCUT2D eigenvalue weighted by molar-refractivity contribution is 5.90. The van der Waals surface area contributed by atoms with E-state index in [4.69, 9.17) is 37.9 Å². The maximum Gasteiger partial charge on any atom is 0.414 e. The number of morpholine rings is 1. The van der Waals surface area contributed by atoms with Gasteiger partial charge in [0.15, 0.2) is 12.6 Å². The summed E-state index contributed by atoms with van der Waals surface area (Å²) in [5.41, 5.74) is -3.94. The third kappa shape index (κ3) is 14.1. The standard InChI is InChI=1S/C53H88FN5O16/c1-14-40-53(10,67)45(62)33(6)56(11)26-29(2)23-51(8,66)47(31(4)44(32(5)48(64)73-40)74-42-24-52(9,68-13)46(63)34(7)71-42)75-49-43(61)39(21-30(3)70-49)57(12)28-41(60)55-25-36-27-59(50(65)72-36)35-15-16-38(37(54)22-35)58-17-19-69-20-18-58/h15-16,22,29-34,36,39-40,42-47,49,61-63,66-67H,14,17-21,23-28H2,1-13H3,(H,55,60)/t29-,30-,31+,32-,33-,34+,36-,39+,40-,42+,43-,44+,45-,46+,47-,49+,51-,52-,53-/m1/s1. The number of aliphatic hydroxyl groups is 5. The third-order valence-electron chi connectivity index (χ3n) is 16.5. The number of hydrogen-bond acceptors (Lipinski definition) is 19. The molecule has 22 heteroatoms. The number of amides is 2. The molecule has 5 aliphatic heterocycles. The van der Waals surface area contributed by atoms with Gasteiger partial charge in [-0.15, -0.1) is 0 Å². The van der Waals surface area contributed by atoms with Crippen LogP contribution in [0, 0.1) is 23.6 Å². The van der Waals surface area contributed by atoms with Gasteiger partial charge in [-0.25, -0.2) is 9.18 Å². The molecule has 1 aromatic rings. The number of carbonyl (C=O) groups excluding carboxylic acids is 3. The minimum Gasteiger partial charge on any atom is -0.459 e. The monoisotopic (exact) mass is 1070 g/mol. The molecule has 5 saturated heterocycles. The summed E-state index contributed by atoms with van der Waals surface area (Å²) in [6.45, 7) is 19.4. The highest BCUT2D eigenvalue weighted by Gasteiger charge is 2.53. The summed E-state index contributed by atoms with van der Waals surface area (Å²) < 4.78 is 64.2. The third-order valence-corrected chi connectivity index (χ3v) is 16.5. The van der Waals surface area contributed by atoms with Crippen LogP contribution in [0.2, 0.25) is 0 Å². The molecule has 21 nitrogen and oxygen atoms in total. The highest BCUT2D eigenvalue weighted by atomic mass is 19.1. The van der Waals surface area contributed by atoms with Crippen LogP contribution in [0.3, 0.4) is 0 Å². The molecule has 6 rings (SSSR count). The average Bonchev–Trinajstić information content (AvgIpc) is 3.74. The second-order valence-electron chi connectivity index (χ2n) is 22.8. The van der Waals surface area contributed by atoms with E-state index in [1.165, 1.54) is 25.0 Å². The lowest BCUT2D eigenvalue weighted by Crippen LogP contribution is -2.61. The van der Waals surface area contributed by atoms with Gasteiger partial charge < -0.3 is 78.5 Å². The first kappa shape index (κ1) is 60.9. The van der Waals surface area contributed by atoms with E-state index in [0.717, 1.165) is 0 Å². The molecule has 428 valence electrons. The average molecular weight is 1070 g/mol. The number of nitrogens with one attached hydrogen (secondary N) is 1. The molecule has 6 N–H and O–H groups in total. The minimum atomic E-state index is -1.87. The molecular weight excluding hydrogens is 982 g/mol. The number of esters is 1. The highest BCUT2D eigenvalue weighted by Crippen LogP contribution is 2.40. The summed E-state index contributed by atoms with van der Waals surface area (Å²) in [5.74, 6) is -3.92. The van der Waals surface area contributed by atoms with Crippen molar-refractivity contribution in [3.63, 3.8) is 0 Å². The van der Waals surface area contributed by atoms with E-state index in [1.807, 2.05) is 23.6 Å². The number of likely N-dealkylation sites (N-methyl/N-ethyl adjacent to an activating group) is 2. The van der Waals surface area contributed by atoms with Crippen LogP contribution in [0.4, 0.5) is 20.6 Å². The van der Waals surface area contributed by atoms with Crippen LogP contribution in [-0.4, -0.2) is 223 Å². The van der Waals surface area contributed by atoms with Crippen LogP contribution in [0.15, 0.2) is 18.2 Å². The lowest BCUT2D eigenvalue weighted by Gasteiger charge is -2.49. The van der Waals surface area contributed by atoms with Crippen molar-refractivity contribution in [2.75, 3.05) is 83.5 Å². The maximum absolute atomic E-state index is 15.3. The summed E-state index contributed by atoms with van der Waals surface area (Å²) in [6, 6.07) is 3.28. The van der Waals surface area contributed by atoms with E-state index in [1.54, 1.807) is 79.6 Å². The number of ether oxygens (including phenoxy) is 8. The van der Waals surface area contributed by atoms with Crippen LogP contribution in [0.1, 0.15) is 94.9 Å². The van der Waals surface area contributed by atoms with Gasteiger partial charge in [0.05, 0.1) is 85.8 Å². The number of halogens is 1. The fraction of sp³-hybridized carbons (Fsp3) is 0.830. The number of anilines is 2. The van der Waals surface area contributed by atoms with Gasteiger partial charge in [-0.2, -0.15) is 0 Å². The number of aliphatic hydroxyl groups excluding tert-OH is 3. The number of carbonyl (C=O) groups is 3. The van der Waals surface area contributed by atoms with Gasteiger partial charge in [-0.3, -0.25) is 19.4 Å². The van der Waals surface area contributed by atoms with Crippen LogP contribution in [0.5, 0.6) is 0 Å². The van der Waals surface area contributed by atoms with Crippen molar-refractivity contribution in [1.29, 1.82) is 0 Å². The fourth-order valence-electron chi connectivity index (χ4n) is 11.9. The first-order valence-corrected chi connectivity index (χ1v) is 26.8. The van der Waals surface area contributed by atoms with E-state index in [9.17, 15) is 39.9 Å². The van der Waals surface area contributed by atoms with Gasteiger partial charge in [0.1, 0.15) is 41.9 Å². The maximum atomic E-state index is 15.3. The van der Waals surface area contributed by atoms with Gasteiger partial charge in [-0.05, 0) is 106 Å². The molecule has 5 heterocycles. The van der Waals surface area contributed by atoms with Crippen molar-refractivity contribution in [2.45, 2.75) is 191 Å². The van der Waals surface area contributed by atoms with Crippen molar-refractivity contribution in [1.82, 2.24) is 15.1 Å². The van der Waals surface area contributed by atoms with Gasteiger partial charge in [0.25, 0.3) is 0 Å². The number of rotatable bonds is 13. The topological polar surface area (TPSA) is 251 Å². The minimum absolute atomic E-state index is 0.0200. The Hall–Kier alpha value is -3.36. The molecule has 0 bridgehead atoms. The smallest absolute Gasteiger partial charge is 0.414 e. The van der Waals surface area contributed by atoms with Crippen LogP contribution < -0.4 is 15.1 Å². The molecular formula is C53H88FN5O16. The van der Waals surface area contributed by atoms with Crippen LogP contribution >= 0.6 is 0 Å². The largest absolute Gasteiger partial charge is 0.459 e. The van der Waals surface area contributed by atoms with Crippen molar-refractivity contribution in [3.8, 4) is 0 Å². The van der Waals surface area contributed by atoms with E-state index < -0.39 is 132 Å². The number of benzene rings is 1. The van der Waals surface area contributed by atoms with Crippen molar-refractivity contribution in [2.24, 2.45) is 17.8 Å². The predicted molar refractivity (Wildman–Crippen MR) is 273 cm³/mol. The van der Waals surface area contributed by atoms with Gasteiger partial charge >= 0.3 is 12.1 Å². The zero-order valence-electron chi connectivity index (χ0n) is 46.3. The number of cyclic esters (lactones) is 2. The second kappa shape index (κ2) is 25.2. The molecule has 0 radical (unpaired) electrons. The Balaban J connectivity index is 1.21. The van der Waals surface area contributed by atoms with Crippen molar-refractivity contribution >= 4 is 29.3 Å². The van der Waals surface area contributed by atoms with Gasteiger partial charge in [0, 0.05) is 51.2 Å². The summed E-state index contributed by atoms with van der Waals surface area (Å²) in [4.78, 5) is 47.7. The lowest BCUT2D eigenvalue weighted by atomic mass is 9.77. The van der Waals surface area contributed by atoms with Crippen molar-refractivity contribution in [3.05, 3.63) is 24.0 Å². The summed E-state index contributed by atoms with van der Waals surface area (Å²) in [5, 5.41) is 62.4. The zero-order chi connectivity index (χ0) is 55.5. The molecule has 5 fully saturated rings. The predicted octanol–water partition coefficient (Wildman–Crippen LogP) is 2.39. The lowest BCUT2D eigenvalue weighted by molar-refractivity contribution is -0.318. The number of hydrogen-bond donors (Lipinski definition) is 6. The van der Waals surface area contributed by atoms with E-state index in [2.05, 4.69) is 5.32 Å². The zero-order valence-corrected chi connectivity index (χ0v) is 46.3. The SMILES string of the molecule is CC[C@H]1OC(=O)[C@H](C)[C@@H](O[C@H]2C[C@@](C)(OC)[C@@H](O)[C@H](C)O2)[C@H](C)[C@@H](O[C@@H]2O[C@H](C)C[C@H](N(C)CC(=O)NC[C@@H]3CN(c4ccc(N5CCOCC5)c(F)c4)C(=O)O3)[C@H]2O)[C@](C)(O)C[C@@H](C)CN(C)[C@H](C)[C@@H](O)[C@]1(C)O. The van der Waals surface area contributed by atoms with Gasteiger partial charge in [-0.1, -0.05) is 20.8 Å². The van der Waals surface area contributed by atoms with E-state index >= 15 is 4.39 Å². The Morgan fingerprint density at radius 2 is 1.63 bits per heavy atom. The first-order valence-electron chi connectivity index (χ1n) is 26.8. The second-order valence-corrected chi connectivity index (χ2v) is 22.8. The molecule has 0 aliphatic carbocycles. The van der Waals surface area contributed by atoms with Crippen LogP contribution in [0.25, 0.3) is 0 Å². The molecule has 0 aromatic heterocycles. The van der Waals surface area contributed by atoms with Gasteiger partial charge in [0.2, 0.25) is 5.91 Å². The first-order chi connectivity index (χ1) is 35.1. The summed E-state index contributed by atoms with van der Waals surface area (Å²) in [6.07, 6.45) is -11.7. The Kier molecular flexibility index (Phi) is 20.4. The molecule has 0 unspecified atom stereocenters. The molecule has 2 amide bonds. The number of nitrogens with zero attached hydrogens (tertiary/aromatic N) is 4.